The number of nitrogens with zero attached hydrogens (tertiary/aromatic N) is 4. The second kappa shape index (κ2) is 7.31. The van der Waals surface area contributed by atoms with E-state index in [1.54, 1.807) is 10.9 Å². The first-order chi connectivity index (χ1) is 14.7. The number of benzene rings is 2. The number of esters is 1. The van der Waals surface area contributed by atoms with Gasteiger partial charge in [-0.3, -0.25) is 4.84 Å². The van der Waals surface area contributed by atoms with Crippen LogP contribution in [0.25, 0.3) is 5.69 Å². The summed E-state index contributed by atoms with van der Waals surface area (Å²) in [5.74, 6) is -0.509. The number of hydrogen-bond acceptors (Lipinski definition) is 5. The summed E-state index contributed by atoms with van der Waals surface area (Å²) in [5.41, 5.74) is 3.17. The molecule has 8 heteroatoms. The molecule has 1 saturated heterocycles. The minimum absolute atomic E-state index is 0.252. The van der Waals surface area contributed by atoms with E-state index >= 15 is 0 Å². The molecule has 0 radical (unpaired) electrons. The Morgan fingerprint density at radius 3 is 2.50 bits per heavy atom. The smallest absolute Gasteiger partial charge is 0.345 e. The highest BCUT2D eigenvalue weighted by molar-refractivity contribution is 5.87. The maximum absolute atomic E-state index is 13.1. The number of rotatable bonds is 5. The average molecular weight is 404 g/mol. The summed E-state index contributed by atoms with van der Waals surface area (Å²) in [5, 5.41) is 5.87. The van der Waals surface area contributed by atoms with Crippen molar-refractivity contribution in [2.24, 2.45) is 0 Å². The van der Waals surface area contributed by atoms with E-state index in [4.69, 9.17) is 9.57 Å². The first kappa shape index (κ1) is 18.4. The molecule has 3 heterocycles. The van der Waals surface area contributed by atoms with Crippen LogP contribution >= 0.6 is 0 Å². The lowest BCUT2D eigenvalue weighted by Gasteiger charge is -2.29. The quantitative estimate of drug-likeness (QED) is 0.611. The summed E-state index contributed by atoms with van der Waals surface area (Å²) in [6, 6.07) is 17.5. The molecule has 0 saturated carbocycles. The van der Waals surface area contributed by atoms with Crippen LogP contribution in [0.4, 0.5) is 4.79 Å². The molecule has 2 aromatic carbocycles. The number of methoxy groups -OCH3 is 1. The molecule has 2 bridgehead atoms. The molecule has 2 aliphatic heterocycles. The topological polar surface area (TPSA) is 76.9 Å². The van der Waals surface area contributed by atoms with Crippen LogP contribution < -0.4 is 0 Å². The standard InChI is InChI=1S/C22H20N4O4/c1-29-21(27)20-19-17(12-23-25(19)16-10-6-3-7-11-16)18-13-24(20)22(28)26(18)30-14-15-8-4-2-5-9-15/h2-12,18,20H,13-14H2,1H3/t18-,20+/m1/s1. The molecule has 0 spiro atoms. The molecule has 3 aromatic rings. The van der Waals surface area contributed by atoms with Gasteiger partial charge in [-0.2, -0.15) is 10.2 Å². The lowest BCUT2D eigenvalue weighted by molar-refractivity contribution is -0.146. The molecule has 2 amide bonds. The number of amides is 2. The highest BCUT2D eigenvalue weighted by atomic mass is 16.7. The summed E-state index contributed by atoms with van der Waals surface area (Å²) >= 11 is 0. The lowest BCUT2D eigenvalue weighted by atomic mass is 9.98. The molecule has 2 aliphatic rings. The Morgan fingerprint density at radius 1 is 1.10 bits per heavy atom. The van der Waals surface area contributed by atoms with Gasteiger partial charge in [-0.1, -0.05) is 48.5 Å². The first-order valence-electron chi connectivity index (χ1n) is 9.66. The number of para-hydroxylation sites is 1. The van der Waals surface area contributed by atoms with Crippen LogP contribution in [0.3, 0.4) is 0 Å². The number of hydroxylamine groups is 2. The molecule has 1 aromatic heterocycles. The van der Waals surface area contributed by atoms with E-state index in [0.29, 0.717) is 12.2 Å². The van der Waals surface area contributed by atoms with E-state index in [0.717, 1.165) is 16.8 Å². The third kappa shape index (κ3) is 2.84. The van der Waals surface area contributed by atoms with Crippen molar-refractivity contribution in [1.82, 2.24) is 19.7 Å². The monoisotopic (exact) mass is 404 g/mol. The number of hydrogen-bond donors (Lipinski definition) is 0. The van der Waals surface area contributed by atoms with Crippen molar-refractivity contribution in [3.05, 3.63) is 83.7 Å². The number of carbonyl (C=O) groups is 2. The van der Waals surface area contributed by atoms with Gasteiger partial charge in [0, 0.05) is 5.56 Å². The summed E-state index contributed by atoms with van der Waals surface area (Å²) < 4.78 is 6.74. The minimum atomic E-state index is -0.887. The molecule has 2 atom stereocenters. The van der Waals surface area contributed by atoms with Gasteiger partial charge in [-0.05, 0) is 17.7 Å². The number of fused-ring (bicyclic) bond motifs is 4. The molecule has 152 valence electrons. The van der Waals surface area contributed by atoms with Crippen LogP contribution in [-0.4, -0.2) is 45.4 Å². The van der Waals surface area contributed by atoms with Crippen LogP contribution in [-0.2, 0) is 21.0 Å². The summed E-state index contributed by atoms with van der Waals surface area (Å²) in [6.07, 6.45) is 1.71. The van der Waals surface area contributed by atoms with E-state index in [-0.39, 0.29) is 18.7 Å². The fraction of sp³-hybridized carbons (Fsp3) is 0.227. The predicted molar refractivity (Wildman–Crippen MR) is 106 cm³/mol. The maximum Gasteiger partial charge on any atom is 0.345 e. The van der Waals surface area contributed by atoms with E-state index in [1.807, 2.05) is 60.7 Å². The highest BCUT2D eigenvalue weighted by Crippen LogP contribution is 2.45. The Hall–Kier alpha value is -3.65. The first-order valence-corrected chi connectivity index (χ1v) is 9.66. The number of carbonyl (C=O) groups excluding carboxylic acids is 2. The van der Waals surface area contributed by atoms with E-state index in [1.165, 1.54) is 17.1 Å². The van der Waals surface area contributed by atoms with Crippen LogP contribution in [0.15, 0.2) is 66.9 Å². The van der Waals surface area contributed by atoms with Crippen molar-refractivity contribution in [2.45, 2.75) is 18.7 Å². The van der Waals surface area contributed by atoms with Crippen LogP contribution in [0.5, 0.6) is 0 Å². The van der Waals surface area contributed by atoms with E-state index in [9.17, 15) is 9.59 Å². The summed E-state index contributed by atoms with van der Waals surface area (Å²) in [4.78, 5) is 33.2. The Balaban J connectivity index is 1.54. The van der Waals surface area contributed by atoms with Gasteiger partial charge in [-0.15, -0.1) is 0 Å². The third-order valence-electron chi connectivity index (χ3n) is 5.49. The second-order valence-electron chi connectivity index (χ2n) is 7.19. The molecule has 0 N–H and O–H groups in total. The zero-order valence-electron chi connectivity index (χ0n) is 16.3. The summed E-state index contributed by atoms with van der Waals surface area (Å²) in [7, 11) is 1.32. The number of urea groups is 1. The fourth-order valence-electron chi connectivity index (χ4n) is 4.08. The Bertz CT molecular complexity index is 1080. The molecule has 8 nitrogen and oxygen atoms in total. The average Bonchev–Trinajstić information content (AvgIpc) is 3.35. The van der Waals surface area contributed by atoms with Gasteiger partial charge in [-0.25, -0.2) is 14.3 Å². The van der Waals surface area contributed by atoms with E-state index < -0.39 is 12.0 Å². The van der Waals surface area contributed by atoms with Crippen LogP contribution in [0.2, 0.25) is 0 Å². The van der Waals surface area contributed by atoms with Crippen molar-refractivity contribution >= 4 is 12.0 Å². The van der Waals surface area contributed by atoms with Crippen LogP contribution in [0.1, 0.15) is 28.9 Å². The van der Waals surface area contributed by atoms with Crippen molar-refractivity contribution in [2.75, 3.05) is 13.7 Å². The lowest BCUT2D eigenvalue weighted by Crippen LogP contribution is -2.40. The zero-order chi connectivity index (χ0) is 20.7. The van der Waals surface area contributed by atoms with Gasteiger partial charge in [0.25, 0.3) is 0 Å². The van der Waals surface area contributed by atoms with Crippen molar-refractivity contribution in [3.8, 4) is 5.69 Å². The molecule has 0 aliphatic carbocycles. The highest BCUT2D eigenvalue weighted by Gasteiger charge is 2.53. The van der Waals surface area contributed by atoms with Crippen molar-refractivity contribution < 1.29 is 19.2 Å². The SMILES string of the molecule is COC(=O)[C@@H]1c2c(cnn2-c2ccccc2)[C@H]2CN1C(=O)N2OCc1ccccc1. The van der Waals surface area contributed by atoms with Gasteiger partial charge >= 0.3 is 12.0 Å². The zero-order valence-corrected chi connectivity index (χ0v) is 16.3. The molecular formula is C22H20N4O4. The van der Waals surface area contributed by atoms with Crippen LogP contribution in [0, 0.1) is 0 Å². The Kier molecular flexibility index (Phi) is 4.48. The Labute approximate surface area is 173 Å². The largest absolute Gasteiger partial charge is 0.467 e. The van der Waals surface area contributed by atoms with Crippen molar-refractivity contribution in [1.29, 1.82) is 0 Å². The Morgan fingerprint density at radius 2 is 1.80 bits per heavy atom. The number of aromatic nitrogens is 2. The summed E-state index contributed by atoms with van der Waals surface area (Å²) in [6.45, 7) is 0.586. The van der Waals surface area contributed by atoms with Gasteiger partial charge in [0.1, 0.15) is 12.6 Å². The fourth-order valence-corrected chi connectivity index (χ4v) is 4.08. The van der Waals surface area contributed by atoms with Gasteiger partial charge in [0.2, 0.25) is 0 Å². The van der Waals surface area contributed by atoms with E-state index in [2.05, 4.69) is 5.10 Å². The molecular weight excluding hydrogens is 384 g/mol. The second-order valence-corrected chi connectivity index (χ2v) is 7.19. The minimum Gasteiger partial charge on any atom is -0.467 e. The van der Waals surface area contributed by atoms with Gasteiger partial charge < -0.3 is 9.64 Å². The molecule has 0 unspecified atom stereocenters. The van der Waals surface area contributed by atoms with Gasteiger partial charge in [0.15, 0.2) is 6.04 Å². The maximum atomic E-state index is 13.1. The van der Waals surface area contributed by atoms with Crippen molar-refractivity contribution in [3.63, 3.8) is 0 Å². The molecule has 1 fully saturated rings. The third-order valence-corrected chi connectivity index (χ3v) is 5.49. The number of ether oxygens (including phenoxy) is 1. The molecule has 5 rings (SSSR count). The van der Waals surface area contributed by atoms with Gasteiger partial charge in [0.05, 0.1) is 31.2 Å². The molecule has 30 heavy (non-hydrogen) atoms. The predicted octanol–water partition coefficient (Wildman–Crippen LogP) is 3.01. The normalized spacial score (nSPS) is 19.7.